The molecule has 0 aliphatic heterocycles. The van der Waals surface area contributed by atoms with Crippen molar-refractivity contribution in [3.8, 4) is 5.88 Å². The molecule has 3 aromatic rings. The van der Waals surface area contributed by atoms with Crippen LogP contribution in [0, 0.1) is 11.6 Å². The summed E-state index contributed by atoms with van der Waals surface area (Å²) in [6.07, 6.45) is 1.54. The third-order valence-electron chi connectivity index (χ3n) is 4.06. The summed E-state index contributed by atoms with van der Waals surface area (Å²) in [5.74, 6) is -0.989. The molecule has 0 unspecified atom stereocenters. The number of nitrogens with zero attached hydrogens (tertiary/aromatic N) is 2. The van der Waals surface area contributed by atoms with Crippen LogP contribution in [-0.4, -0.2) is 35.9 Å². The number of carbonyl (C=O) groups is 1. The van der Waals surface area contributed by atoms with Crippen molar-refractivity contribution >= 4 is 5.91 Å². The van der Waals surface area contributed by atoms with Gasteiger partial charge in [0.1, 0.15) is 23.8 Å². The fraction of sp³-hybridized carbons (Fsp3) is 0.238. The first-order valence-corrected chi connectivity index (χ1v) is 9.01. The normalized spacial score (nSPS) is 10.7. The van der Waals surface area contributed by atoms with Crippen LogP contribution in [0.25, 0.3) is 0 Å². The maximum atomic E-state index is 13.4. The van der Waals surface area contributed by atoms with E-state index in [0.717, 1.165) is 0 Å². The van der Waals surface area contributed by atoms with Gasteiger partial charge in [-0.2, -0.15) is 0 Å². The van der Waals surface area contributed by atoms with Gasteiger partial charge in [0, 0.05) is 19.9 Å². The van der Waals surface area contributed by atoms with Gasteiger partial charge in [-0.1, -0.05) is 24.3 Å². The van der Waals surface area contributed by atoms with Crippen LogP contribution in [0.5, 0.6) is 5.88 Å². The van der Waals surface area contributed by atoms with Crippen molar-refractivity contribution in [2.45, 2.75) is 13.2 Å². The molecule has 3 rings (SSSR count). The molecule has 8 heteroatoms. The number of aromatic nitrogens is 2. The predicted octanol–water partition coefficient (Wildman–Crippen LogP) is 3.16. The van der Waals surface area contributed by atoms with Crippen molar-refractivity contribution in [1.29, 1.82) is 0 Å². The van der Waals surface area contributed by atoms with Crippen LogP contribution in [0.15, 0.2) is 54.7 Å². The molecule has 152 valence electrons. The van der Waals surface area contributed by atoms with Crippen LogP contribution in [0.4, 0.5) is 8.78 Å². The highest BCUT2D eigenvalue weighted by Crippen LogP contribution is 2.19. The number of ether oxygens (including phenoxy) is 2. The van der Waals surface area contributed by atoms with Gasteiger partial charge in [0.05, 0.1) is 13.2 Å². The average molecular weight is 401 g/mol. The summed E-state index contributed by atoms with van der Waals surface area (Å²) in [7, 11) is 1.54. The molecule has 29 heavy (non-hydrogen) atoms. The minimum Gasteiger partial charge on any atom is -0.471 e. The first-order valence-electron chi connectivity index (χ1n) is 9.01. The van der Waals surface area contributed by atoms with E-state index in [1.165, 1.54) is 42.3 Å². The average Bonchev–Trinajstić information content (AvgIpc) is 3.09. The number of methoxy groups -OCH3 is 1. The molecule has 0 saturated carbocycles. The fourth-order valence-corrected chi connectivity index (χ4v) is 2.71. The third kappa shape index (κ3) is 5.86. The Labute approximate surface area is 167 Å². The Morgan fingerprint density at radius 1 is 1.10 bits per heavy atom. The monoisotopic (exact) mass is 401 g/mol. The second-order valence-electron chi connectivity index (χ2n) is 6.34. The van der Waals surface area contributed by atoms with Gasteiger partial charge in [0.25, 0.3) is 5.91 Å². The van der Waals surface area contributed by atoms with Gasteiger partial charge in [-0.25, -0.2) is 8.78 Å². The molecule has 1 heterocycles. The Kier molecular flexibility index (Phi) is 6.91. The zero-order valence-corrected chi connectivity index (χ0v) is 15.9. The second-order valence-corrected chi connectivity index (χ2v) is 6.34. The van der Waals surface area contributed by atoms with E-state index >= 15 is 0 Å². The zero-order chi connectivity index (χ0) is 20.6. The molecule has 0 spiro atoms. The molecule has 2 aromatic carbocycles. The number of hydrogen-bond acceptors (Lipinski definition) is 4. The number of halogens is 2. The zero-order valence-electron chi connectivity index (χ0n) is 15.9. The molecule has 1 aromatic heterocycles. The summed E-state index contributed by atoms with van der Waals surface area (Å²) in [6.45, 7) is 1.00. The summed E-state index contributed by atoms with van der Waals surface area (Å²) in [6, 6.07) is 12.1. The van der Waals surface area contributed by atoms with E-state index in [2.05, 4.69) is 10.4 Å². The lowest BCUT2D eigenvalue weighted by Gasteiger charge is -2.07. The topological polar surface area (TPSA) is 65.4 Å². The summed E-state index contributed by atoms with van der Waals surface area (Å²) >= 11 is 0. The molecular weight excluding hydrogens is 380 g/mol. The number of carbonyl (C=O) groups excluding carboxylic acids is 1. The molecule has 0 aliphatic rings. The van der Waals surface area contributed by atoms with E-state index in [9.17, 15) is 13.6 Å². The minimum absolute atomic E-state index is 0.0487. The lowest BCUT2D eigenvalue weighted by atomic mass is 10.2. The van der Waals surface area contributed by atoms with Gasteiger partial charge in [0.2, 0.25) is 5.88 Å². The number of nitrogens with one attached hydrogen (secondary N) is 1. The first-order chi connectivity index (χ1) is 14.0. The standard InChI is InChI=1S/C21H21F2N3O3/c1-28-9-8-24-20(27)19-13-26(12-15-4-2-6-17(22)10-15)25-21(19)29-14-16-5-3-7-18(23)11-16/h2-7,10-11,13H,8-9,12,14H2,1H3,(H,24,27). The maximum absolute atomic E-state index is 13.4. The molecule has 1 amide bonds. The third-order valence-corrected chi connectivity index (χ3v) is 4.06. The number of benzene rings is 2. The van der Waals surface area contributed by atoms with E-state index < -0.39 is 0 Å². The highest BCUT2D eigenvalue weighted by Gasteiger charge is 2.18. The van der Waals surface area contributed by atoms with Gasteiger partial charge in [-0.15, -0.1) is 5.10 Å². The highest BCUT2D eigenvalue weighted by molar-refractivity contribution is 5.96. The maximum Gasteiger partial charge on any atom is 0.258 e. The molecule has 1 N–H and O–H groups in total. The largest absolute Gasteiger partial charge is 0.471 e. The lowest BCUT2D eigenvalue weighted by Crippen LogP contribution is -2.27. The Morgan fingerprint density at radius 2 is 1.79 bits per heavy atom. The molecule has 0 atom stereocenters. The summed E-state index contributed by atoms with van der Waals surface area (Å²) in [5, 5.41) is 7.02. The van der Waals surface area contributed by atoms with Gasteiger partial charge < -0.3 is 14.8 Å². The van der Waals surface area contributed by atoms with Crippen molar-refractivity contribution in [3.05, 3.63) is 83.1 Å². The lowest BCUT2D eigenvalue weighted by molar-refractivity contribution is 0.0932. The Hall–Kier alpha value is -3.26. The second kappa shape index (κ2) is 9.79. The minimum atomic E-state index is -0.375. The Balaban J connectivity index is 1.79. The van der Waals surface area contributed by atoms with Crippen LogP contribution in [-0.2, 0) is 17.9 Å². The van der Waals surface area contributed by atoms with Crippen LogP contribution in [0.3, 0.4) is 0 Å². The molecule has 6 nitrogen and oxygen atoms in total. The molecule has 0 bridgehead atoms. The summed E-state index contributed by atoms with van der Waals surface area (Å²) in [4.78, 5) is 12.5. The van der Waals surface area contributed by atoms with E-state index in [1.807, 2.05) is 0 Å². The van der Waals surface area contributed by atoms with Crippen molar-refractivity contribution in [3.63, 3.8) is 0 Å². The van der Waals surface area contributed by atoms with E-state index in [1.54, 1.807) is 24.3 Å². The SMILES string of the molecule is COCCNC(=O)c1cn(Cc2cccc(F)c2)nc1OCc1cccc(F)c1. The van der Waals surface area contributed by atoms with E-state index in [4.69, 9.17) is 9.47 Å². The van der Waals surface area contributed by atoms with Crippen LogP contribution >= 0.6 is 0 Å². The van der Waals surface area contributed by atoms with Gasteiger partial charge >= 0.3 is 0 Å². The van der Waals surface area contributed by atoms with Crippen LogP contribution in [0.2, 0.25) is 0 Å². The molecule has 0 saturated heterocycles. The number of rotatable bonds is 9. The molecular formula is C21H21F2N3O3. The Morgan fingerprint density at radius 3 is 2.48 bits per heavy atom. The van der Waals surface area contributed by atoms with E-state index in [-0.39, 0.29) is 42.1 Å². The van der Waals surface area contributed by atoms with Gasteiger partial charge in [0.15, 0.2) is 0 Å². The van der Waals surface area contributed by atoms with E-state index in [0.29, 0.717) is 24.3 Å². The van der Waals surface area contributed by atoms with Gasteiger partial charge in [-0.3, -0.25) is 9.48 Å². The van der Waals surface area contributed by atoms with Crippen LogP contribution < -0.4 is 10.1 Å². The van der Waals surface area contributed by atoms with Gasteiger partial charge in [-0.05, 0) is 35.4 Å². The smallest absolute Gasteiger partial charge is 0.258 e. The predicted molar refractivity (Wildman–Crippen MR) is 103 cm³/mol. The first kappa shape index (κ1) is 20.5. The number of amides is 1. The quantitative estimate of drug-likeness (QED) is 0.560. The number of hydrogen-bond donors (Lipinski definition) is 1. The fourth-order valence-electron chi connectivity index (χ4n) is 2.71. The summed E-state index contributed by atoms with van der Waals surface area (Å²) in [5.41, 5.74) is 1.53. The van der Waals surface area contributed by atoms with Crippen molar-refractivity contribution in [2.75, 3.05) is 20.3 Å². The van der Waals surface area contributed by atoms with Crippen molar-refractivity contribution < 1.29 is 23.0 Å². The molecule has 0 aliphatic carbocycles. The highest BCUT2D eigenvalue weighted by atomic mass is 19.1. The Bertz CT molecular complexity index is 975. The molecule has 0 fully saturated rings. The van der Waals surface area contributed by atoms with Crippen molar-refractivity contribution in [1.82, 2.24) is 15.1 Å². The summed E-state index contributed by atoms with van der Waals surface area (Å²) < 4.78 is 38.9. The molecule has 0 radical (unpaired) electrons. The van der Waals surface area contributed by atoms with Crippen molar-refractivity contribution in [2.24, 2.45) is 0 Å². The van der Waals surface area contributed by atoms with Crippen LogP contribution in [0.1, 0.15) is 21.5 Å².